The first-order chi connectivity index (χ1) is 10.6. The van der Waals surface area contributed by atoms with Gasteiger partial charge in [0.05, 0.1) is 11.7 Å². The van der Waals surface area contributed by atoms with Crippen LogP contribution in [0.2, 0.25) is 0 Å². The number of nitrogens with zero attached hydrogens (tertiary/aromatic N) is 1. The lowest BCUT2D eigenvalue weighted by Crippen LogP contribution is -2.19. The van der Waals surface area contributed by atoms with Gasteiger partial charge in [-0.3, -0.25) is 0 Å². The van der Waals surface area contributed by atoms with Gasteiger partial charge >= 0.3 is 0 Å². The largest absolute Gasteiger partial charge is 0.378 e. The number of hydrogen-bond donors (Lipinski definition) is 1. The van der Waals surface area contributed by atoms with E-state index in [1.165, 1.54) is 12.1 Å². The van der Waals surface area contributed by atoms with E-state index in [-0.39, 0.29) is 17.7 Å². The Hall–Kier alpha value is -2.10. The van der Waals surface area contributed by atoms with Gasteiger partial charge in [0.1, 0.15) is 11.6 Å². The zero-order valence-electron chi connectivity index (χ0n) is 12.7. The van der Waals surface area contributed by atoms with Crippen molar-refractivity contribution in [3.63, 3.8) is 0 Å². The molecule has 22 heavy (non-hydrogen) atoms. The number of rotatable bonds is 4. The fourth-order valence-electron chi connectivity index (χ4n) is 2.97. The first-order valence-electron chi connectivity index (χ1n) is 7.70. The molecule has 1 saturated heterocycles. The average Bonchev–Trinajstić information content (AvgIpc) is 3.01. The molecule has 1 unspecified atom stereocenters. The number of anilines is 2. The molecule has 0 aromatic heterocycles. The minimum atomic E-state index is -0.253. The third-order valence-corrected chi connectivity index (χ3v) is 4.15. The maximum atomic E-state index is 14.3. The smallest absolute Gasteiger partial charge is 0.148 e. The summed E-state index contributed by atoms with van der Waals surface area (Å²) in [6.45, 7) is 3.69. The molecular weight excluding hydrogens is 282 g/mol. The van der Waals surface area contributed by atoms with Gasteiger partial charge in [-0.05, 0) is 44.0 Å². The third-order valence-electron chi connectivity index (χ3n) is 4.15. The van der Waals surface area contributed by atoms with Gasteiger partial charge in [-0.1, -0.05) is 18.2 Å². The number of halogens is 2. The molecule has 116 valence electrons. The van der Waals surface area contributed by atoms with E-state index in [4.69, 9.17) is 0 Å². The molecule has 4 heteroatoms. The minimum Gasteiger partial charge on any atom is -0.378 e. The van der Waals surface area contributed by atoms with Gasteiger partial charge in [0.25, 0.3) is 0 Å². The summed E-state index contributed by atoms with van der Waals surface area (Å²) in [5.74, 6) is -0.482. The van der Waals surface area contributed by atoms with E-state index >= 15 is 0 Å². The molecule has 0 bridgehead atoms. The second-order valence-electron chi connectivity index (χ2n) is 5.75. The molecule has 3 rings (SSSR count). The second-order valence-corrected chi connectivity index (χ2v) is 5.75. The molecule has 2 nitrogen and oxygen atoms in total. The monoisotopic (exact) mass is 302 g/mol. The standard InChI is InChI=1S/C18H20F2N2/c1-13(15-6-2-3-7-16(15)19)21-14-8-9-18(17(20)12-14)22-10-4-5-11-22/h2-3,6-9,12-13,21H,4-5,10-11H2,1H3. The molecule has 0 saturated carbocycles. The lowest BCUT2D eigenvalue weighted by atomic mass is 10.1. The zero-order valence-corrected chi connectivity index (χ0v) is 12.7. The van der Waals surface area contributed by atoms with Crippen LogP contribution in [-0.2, 0) is 0 Å². The maximum absolute atomic E-state index is 14.3. The van der Waals surface area contributed by atoms with Gasteiger partial charge < -0.3 is 10.2 Å². The molecule has 2 aromatic carbocycles. The molecule has 0 radical (unpaired) electrons. The zero-order chi connectivity index (χ0) is 15.5. The Kier molecular flexibility index (Phi) is 4.27. The summed E-state index contributed by atoms with van der Waals surface area (Å²) in [4.78, 5) is 2.07. The van der Waals surface area contributed by atoms with Gasteiger partial charge in [0, 0.05) is 24.3 Å². The van der Waals surface area contributed by atoms with Crippen LogP contribution < -0.4 is 10.2 Å². The van der Waals surface area contributed by atoms with Crippen molar-refractivity contribution >= 4 is 11.4 Å². The van der Waals surface area contributed by atoms with E-state index in [1.54, 1.807) is 24.3 Å². The highest BCUT2D eigenvalue weighted by Gasteiger charge is 2.17. The van der Waals surface area contributed by atoms with E-state index in [9.17, 15) is 8.78 Å². The minimum absolute atomic E-state index is 0.224. The molecule has 1 aliphatic heterocycles. The van der Waals surface area contributed by atoms with Crippen LogP contribution in [-0.4, -0.2) is 13.1 Å². The van der Waals surface area contributed by atoms with E-state index in [0.29, 0.717) is 16.9 Å². The molecular formula is C18H20F2N2. The summed E-state index contributed by atoms with van der Waals surface area (Å²) in [7, 11) is 0. The Morgan fingerprint density at radius 2 is 1.73 bits per heavy atom. The highest BCUT2D eigenvalue weighted by molar-refractivity contribution is 5.57. The first-order valence-corrected chi connectivity index (χ1v) is 7.70. The van der Waals surface area contributed by atoms with Crippen LogP contribution >= 0.6 is 0 Å². The van der Waals surface area contributed by atoms with Crippen LogP contribution in [0.4, 0.5) is 20.2 Å². The van der Waals surface area contributed by atoms with Crippen molar-refractivity contribution in [2.45, 2.75) is 25.8 Å². The molecule has 1 N–H and O–H groups in total. The van der Waals surface area contributed by atoms with Gasteiger partial charge in [0.2, 0.25) is 0 Å². The van der Waals surface area contributed by atoms with E-state index < -0.39 is 0 Å². The van der Waals surface area contributed by atoms with Gasteiger partial charge in [-0.25, -0.2) is 8.78 Å². The van der Waals surface area contributed by atoms with E-state index in [1.807, 2.05) is 13.0 Å². The van der Waals surface area contributed by atoms with Crippen molar-refractivity contribution in [2.75, 3.05) is 23.3 Å². The van der Waals surface area contributed by atoms with Crippen molar-refractivity contribution in [1.29, 1.82) is 0 Å². The summed E-state index contributed by atoms with van der Waals surface area (Å²) in [6.07, 6.45) is 2.23. The Morgan fingerprint density at radius 1 is 1.00 bits per heavy atom. The fourth-order valence-corrected chi connectivity index (χ4v) is 2.97. The van der Waals surface area contributed by atoms with Gasteiger partial charge in [-0.15, -0.1) is 0 Å². The molecule has 0 amide bonds. The Morgan fingerprint density at radius 3 is 2.41 bits per heavy atom. The van der Waals surface area contributed by atoms with Crippen molar-refractivity contribution in [2.24, 2.45) is 0 Å². The molecule has 0 spiro atoms. The SMILES string of the molecule is CC(Nc1ccc(N2CCCC2)c(F)c1)c1ccccc1F. The van der Waals surface area contributed by atoms with E-state index in [0.717, 1.165) is 25.9 Å². The summed E-state index contributed by atoms with van der Waals surface area (Å²) < 4.78 is 28.0. The average molecular weight is 302 g/mol. The Labute approximate surface area is 129 Å². The number of nitrogens with one attached hydrogen (secondary N) is 1. The molecule has 2 aromatic rings. The lowest BCUT2D eigenvalue weighted by Gasteiger charge is -2.20. The third kappa shape index (κ3) is 3.06. The molecule has 1 heterocycles. The summed E-state index contributed by atoms with van der Waals surface area (Å²) in [5, 5.41) is 3.16. The molecule has 1 fully saturated rings. The van der Waals surface area contributed by atoms with E-state index in [2.05, 4.69) is 10.2 Å². The van der Waals surface area contributed by atoms with Crippen LogP contribution in [0, 0.1) is 11.6 Å². The summed E-state index contributed by atoms with van der Waals surface area (Å²) in [6, 6.07) is 11.6. The normalized spacial score (nSPS) is 15.9. The van der Waals surface area contributed by atoms with Crippen LogP contribution in [0.1, 0.15) is 31.4 Å². The highest BCUT2D eigenvalue weighted by Crippen LogP contribution is 2.28. The second kappa shape index (κ2) is 6.34. The predicted molar refractivity (Wildman–Crippen MR) is 86.3 cm³/mol. The van der Waals surface area contributed by atoms with Crippen LogP contribution in [0.15, 0.2) is 42.5 Å². The van der Waals surface area contributed by atoms with Gasteiger partial charge in [-0.2, -0.15) is 0 Å². The van der Waals surface area contributed by atoms with Crippen LogP contribution in [0.5, 0.6) is 0 Å². The van der Waals surface area contributed by atoms with Crippen molar-refractivity contribution in [1.82, 2.24) is 0 Å². The lowest BCUT2D eigenvalue weighted by molar-refractivity contribution is 0.600. The Balaban J connectivity index is 1.75. The Bertz CT molecular complexity index is 651. The predicted octanol–water partition coefficient (Wildman–Crippen LogP) is 4.74. The van der Waals surface area contributed by atoms with Gasteiger partial charge in [0.15, 0.2) is 0 Å². The van der Waals surface area contributed by atoms with Crippen LogP contribution in [0.3, 0.4) is 0 Å². The molecule has 1 aliphatic rings. The summed E-state index contributed by atoms with van der Waals surface area (Å²) in [5.41, 5.74) is 1.89. The van der Waals surface area contributed by atoms with Crippen molar-refractivity contribution in [3.05, 3.63) is 59.7 Å². The molecule has 1 atom stereocenters. The highest BCUT2D eigenvalue weighted by atomic mass is 19.1. The maximum Gasteiger partial charge on any atom is 0.148 e. The number of benzene rings is 2. The van der Waals surface area contributed by atoms with Crippen LogP contribution in [0.25, 0.3) is 0 Å². The fraction of sp³-hybridized carbons (Fsp3) is 0.333. The number of hydrogen-bond acceptors (Lipinski definition) is 2. The van der Waals surface area contributed by atoms with Crippen molar-refractivity contribution < 1.29 is 8.78 Å². The first kappa shape index (κ1) is 14.8. The summed E-state index contributed by atoms with van der Waals surface area (Å²) >= 11 is 0. The topological polar surface area (TPSA) is 15.3 Å². The van der Waals surface area contributed by atoms with Crippen molar-refractivity contribution in [3.8, 4) is 0 Å². The quantitative estimate of drug-likeness (QED) is 0.877. The molecule has 0 aliphatic carbocycles.